The summed E-state index contributed by atoms with van der Waals surface area (Å²) in [7, 11) is 0. The van der Waals surface area contributed by atoms with Gasteiger partial charge in [-0.05, 0) is 13.1 Å². The van der Waals surface area contributed by atoms with Gasteiger partial charge in [-0.15, -0.1) is 12.4 Å². The first kappa shape index (κ1) is 8.85. The molecular formula is C3H8ClN. The number of allylic oxidation sites excluding steroid dienone is 1. The molecule has 0 aliphatic heterocycles. The van der Waals surface area contributed by atoms with Crippen LogP contribution in [0, 0.1) is 0 Å². The van der Waals surface area contributed by atoms with Gasteiger partial charge in [0.1, 0.15) is 0 Å². The highest BCUT2D eigenvalue weighted by atomic mass is 35.5. The number of halogens is 1. The van der Waals surface area contributed by atoms with E-state index >= 15 is 0 Å². The predicted molar refractivity (Wildman–Crippen MR) is 26.2 cm³/mol. The summed E-state index contributed by atoms with van der Waals surface area (Å²) in [6.07, 6.45) is 3.28. The molecule has 0 saturated carbocycles. The van der Waals surface area contributed by atoms with Crippen LogP contribution in [0.4, 0.5) is 0 Å². The highest BCUT2D eigenvalue weighted by Crippen LogP contribution is 1.47. The van der Waals surface area contributed by atoms with E-state index < -0.39 is 0 Å². The molecule has 32 valence electrons. The standard InChI is InChI=1S/C3H7N.ClH/c1-2-3-4;/h2-3H,4H2,1H3;1H/b3-2-;. The van der Waals surface area contributed by atoms with Crippen LogP contribution in [-0.2, 0) is 0 Å². The van der Waals surface area contributed by atoms with Gasteiger partial charge in [-0.3, -0.25) is 0 Å². The minimum atomic E-state index is 0. The highest BCUT2D eigenvalue weighted by molar-refractivity contribution is 5.85. The molecule has 0 unspecified atom stereocenters. The fraction of sp³-hybridized carbons (Fsp3) is 0.333. The highest BCUT2D eigenvalue weighted by Gasteiger charge is 1.32. The average Bonchev–Trinajstić information content (AvgIpc) is 1.37. The summed E-state index contributed by atoms with van der Waals surface area (Å²) in [5.41, 5.74) is 4.85. The molecule has 0 bridgehead atoms. The summed E-state index contributed by atoms with van der Waals surface area (Å²) < 4.78 is 0. The van der Waals surface area contributed by atoms with E-state index in [0.29, 0.717) is 0 Å². The number of nitrogens with two attached hydrogens (primary N) is 1. The smallest absolute Gasteiger partial charge is 0.0106 e. The Kier molecular flexibility index (Phi) is 16.2. The molecule has 0 radical (unpaired) electrons. The lowest BCUT2D eigenvalue weighted by Crippen LogP contribution is -1.70. The summed E-state index contributed by atoms with van der Waals surface area (Å²) in [5.74, 6) is 0. The lowest BCUT2D eigenvalue weighted by molar-refractivity contribution is 1.55. The fourth-order valence-corrected chi connectivity index (χ4v) is 0. The van der Waals surface area contributed by atoms with E-state index in [4.69, 9.17) is 5.73 Å². The van der Waals surface area contributed by atoms with Gasteiger partial charge in [0, 0.05) is 0 Å². The number of hydrogen-bond donors (Lipinski definition) is 1. The Morgan fingerprint density at radius 2 is 1.80 bits per heavy atom. The van der Waals surface area contributed by atoms with Crippen LogP contribution >= 0.6 is 12.4 Å². The zero-order chi connectivity index (χ0) is 3.41. The molecular weight excluding hydrogens is 85.5 g/mol. The van der Waals surface area contributed by atoms with Gasteiger partial charge in [-0.2, -0.15) is 0 Å². The lowest BCUT2D eigenvalue weighted by Gasteiger charge is -1.53. The second kappa shape index (κ2) is 9.16. The molecule has 2 heteroatoms. The van der Waals surface area contributed by atoms with Gasteiger partial charge >= 0.3 is 0 Å². The topological polar surface area (TPSA) is 26.0 Å². The van der Waals surface area contributed by atoms with Crippen LogP contribution in [0.15, 0.2) is 12.3 Å². The minimum absolute atomic E-state index is 0. The van der Waals surface area contributed by atoms with E-state index in [1.54, 1.807) is 6.08 Å². The molecule has 5 heavy (non-hydrogen) atoms. The fourth-order valence-electron chi connectivity index (χ4n) is 0. The van der Waals surface area contributed by atoms with Crippen molar-refractivity contribution in [3.63, 3.8) is 0 Å². The van der Waals surface area contributed by atoms with Gasteiger partial charge in [0.25, 0.3) is 0 Å². The Bertz CT molecular complexity index is 22.1. The van der Waals surface area contributed by atoms with Crippen LogP contribution in [0.2, 0.25) is 0 Å². The second-order valence-electron chi connectivity index (χ2n) is 0.526. The van der Waals surface area contributed by atoms with E-state index in [9.17, 15) is 0 Å². The second-order valence-corrected chi connectivity index (χ2v) is 0.526. The van der Waals surface area contributed by atoms with Gasteiger partial charge in [0.2, 0.25) is 0 Å². The van der Waals surface area contributed by atoms with Crippen molar-refractivity contribution >= 4 is 12.4 Å². The van der Waals surface area contributed by atoms with Crippen molar-refractivity contribution in [1.82, 2.24) is 0 Å². The number of rotatable bonds is 0. The quantitative estimate of drug-likeness (QED) is 0.473. The van der Waals surface area contributed by atoms with Crippen molar-refractivity contribution in [1.29, 1.82) is 0 Å². The zero-order valence-corrected chi connectivity index (χ0v) is 3.96. The van der Waals surface area contributed by atoms with Crippen molar-refractivity contribution in [2.75, 3.05) is 0 Å². The van der Waals surface area contributed by atoms with E-state index in [1.807, 2.05) is 6.92 Å². The maximum atomic E-state index is 4.85. The summed E-state index contributed by atoms with van der Waals surface area (Å²) in [6.45, 7) is 1.88. The number of hydrogen-bond acceptors (Lipinski definition) is 1. The van der Waals surface area contributed by atoms with Crippen LogP contribution in [0.25, 0.3) is 0 Å². The van der Waals surface area contributed by atoms with Crippen molar-refractivity contribution in [2.45, 2.75) is 6.92 Å². The third kappa shape index (κ3) is 18.6. The van der Waals surface area contributed by atoms with Gasteiger partial charge < -0.3 is 5.73 Å². The van der Waals surface area contributed by atoms with Crippen molar-refractivity contribution in [2.24, 2.45) is 5.73 Å². The molecule has 0 atom stereocenters. The van der Waals surface area contributed by atoms with Gasteiger partial charge in [0.15, 0.2) is 0 Å². The molecule has 0 fully saturated rings. The van der Waals surface area contributed by atoms with E-state index in [1.165, 1.54) is 6.20 Å². The Morgan fingerprint density at radius 1 is 1.60 bits per heavy atom. The molecule has 1 nitrogen and oxygen atoms in total. The summed E-state index contributed by atoms with van der Waals surface area (Å²) in [6, 6.07) is 0. The molecule has 2 N–H and O–H groups in total. The maximum Gasteiger partial charge on any atom is -0.0106 e. The normalized spacial score (nSPS) is 7.40. The van der Waals surface area contributed by atoms with Crippen LogP contribution < -0.4 is 5.73 Å². The average molecular weight is 93.6 g/mol. The van der Waals surface area contributed by atoms with E-state index in [-0.39, 0.29) is 12.4 Å². The van der Waals surface area contributed by atoms with Gasteiger partial charge in [0.05, 0.1) is 0 Å². The monoisotopic (exact) mass is 93.0 g/mol. The Morgan fingerprint density at radius 3 is 1.80 bits per heavy atom. The molecule has 0 heterocycles. The Labute approximate surface area is 38.3 Å². The molecule has 0 saturated heterocycles. The van der Waals surface area contributed by atoms with Crippen molar-refractivity contribution in [3.05, 3.63) is 12.3 Å². The third-order valence-electron chi connectivity index (χ3n) is 0.192. The summed E-state index contributed by atoms with van der Waals surface area (Å²) in [4.78, 5) is 0. The first-order valence-electron chi connectivity index (χ1n) is 1.24. The summed E-state index contributed by atoms with van der Waals surface area (Å²) in [5, 5.41) is 0. The molecule has 0 aliphatic carbocycles. The van der Waals surface area contributed by atoms with Crippen LogP contribution in [-0.4, -0.2) is 0 Å². The zero-order valence-electron chi connectivity index (χ0n) is 3.14. The first-order chi connectivity index (χ1) is 1.91. The van der Waals surface area contributed by atoms with Crippen LogP contribution in [0.3, 0.4) is 0 Å². The first-order valence-corrected chi connectivity index (χ1v) is 1.24. The largest absolute Gasteiger partial charge is 0.405 e. The molecule has 0 amide bonds. The Hall–Kier alpha value is -0.170. The van der Waals surface area contributed by atoms with Gasteiger partial charge in [-0.1, -0.05) is 6.08 Å². The molecule has 0 aliphatic rings. The molecule has 0 aromatic carbocycles. The van der Waals surface area contributed by atoms with Crippen molar-refractivity contribution in [3.8, 4) is 0 Å². The summed E-state index contributed by atoms with van der Waals surface area (Å²) >= 11 is 0. The van der Waals surface area contributed by atoms with Crippen LogP contribution in [0.5, 0.6) is 0 Å². The SMILES string of the molecule is C/C=C\N.Cl. The van der Waals surface area contributed by atoms with E-state index in [2.05, 4.69) is 0 Å². The minimum Gasteiger partial charge on any atom is -0.405 e. The van der Waals surface area contributed by atoms with Crippen molar-refractivity contribution < 1.29 is 0 Å². The molecule has 0 aromatic heterocycles. The molecule has 0 rings (SSSR count). The van der Waals surface area contributed by atoms with Crippen LogP contribution in [0.1, 0.15) is 6.92 Å². The third-order valence-corrected chi connectivity index (χ3v) is 0.192. The molecule has 0 spiro atoms. The maximum absolute atomic E-state index is 4.85. The Balaban J connectivity index is 0. The molecule has 0 aromatic rings. The van der Waals surface area contributed by atoms with E-state index in [0.717, 1.165) is 0 Å². The predicted octanol–water partition coefficient (Wildman–Crippen LogP) is 0.901. The lowest BCUT2D eigenvalue weighted by atomic mass is 10.7. The van der Waals surface area contributed by atoms with Gasteiger partial charge in [-0.25, -0.2) is 0 Å².